The zero-order chi connectivity index (χ0) is 9.78. The monoisotopic (exact) mass is 173 g/mol. The number of hydrogen-bond acceptors (Lipinski definition) is 2. The summed E-state index contributed by atoms with van der Waals surface area (Å²) >= 11 is 0. The van der Waals surface area contributed by atoms with Gasteiger partial charge in [0.05, 0.1) is 5.60 Å². The van der Waals surface area contributed by atoms with E-state index in [0.29, 0.717) is 6.42 Å². The topological polar surface area (TPSA) is 52.3 Å². The highest BCUT2D eigenvalue weighted by atomic mass is 16.5. The molecule has 3 heteroatoms. The molecule has 0 saturated carbocycles. The molecule has 2 N–H and O–H groups in total. The number of rotatable bonds is 5. The van der Waals surface area contributed by atoms with E-state index in [9.17, 15) is 4.79 Å². The van der Waals surface area contributed by atoms with Gasteiger partial charge in [0.15, 0.2) is 0 Å². The van der Waals surface area contributed by atoms with Crippen molar-refractivity contribution in [3.05, 3.63) is 0 Å². The maximum Gasteiger partial charge on any atom is 0.246 e. The number of nitrogens with two attached hydrogens (primary N) is 1. The smallest absolute Gasteiger partial charge is 0.246 e. The highest BCUT2D eigenvalue weighted by molar-refractivity contribution is 5.78. The molecular weight excluding hydrogens is 154 g/mol. The molecule has 0 aliphatic heterocycles. The molecule has 0 radical (unpaired) electrons. The van der Waals surface area contributed by atoms with Crippen molar-refractivity contribution in [2.24, 2.45) is 5.73 Å². The van der Waals surface area contributed by atoms with Gasteiger partial charge in [-0.2, -0.15) is 0 Å². The molecule has 0 aromatic heterocycles. The molecular formula is C9H19NO2. The molecule has 1 amide bonds. The van der Waals surface area contributed by atoms with E-state index in [-0.39, 0.29) is 11.5 Å². The summed E-state index contributed by atoms with van der Waals surface area (Å²) in [4.78, 5) is 10.8. The Morgan fingerprint density at radius 3 is 2.25 bits per heavy atom. The third kappa shape index (κ3) is 3.72. The molecule has 0 rings (SSSR count). The quantitative estimate of drug-likeness (QED) is 0.684. The van der Waals surface area contributed by atoms with Gasteiger partial charge < -0.3 is 10.5 Å². The summed E-state index contributed by atoms with van der Waals surface area (Å²) < 4.78 is 5.52. The Kier molecular flexibility index (Phi) is 4.24. The zero-order valence-corrected chi connectivity index (χ0v) is 8.39. The van der Waals surface area contributed by atoms with Crippen LogP contribution in [0.1, 0.15) is 40.5 Å². The minimum Gasteiger partial charge on any atom is -0.367 e. The minimum atomic E-state index is -0.444. The van der Waals surface area contributed by atoms with Crippen LogP contribution in [0.2, 0.25) is 0 Å². The normalized spacial score (nSPS) is 14.3. The van der Waals surface area contributed by atoms with Crippen molar-refractivity contribution < 1.29 is 9.53 Å². The summed E-state index contributed by atoms with van der Waals surface area (Å²) in [6, 6.07) is 0. The molecule has 0 aromatic rings. The van der Waals surface area contributed by atoms with Gasteiger partial charge >= 0.3 is 0 Å². The molecule has 0 bridgehead atoms. The van der Waals surface area contributed by atoms with E-state index in [4.69, 9.17) is 10.5 Å². The predicted octanol–water partition coefficient (Wildman–Crippen LogP) is 1.46. The third-order valence-corrected chi connectivity index (χ3v) is 2.00. The maximum atomic E-state index is 10.8. The first kappa shape index (κ1) is 11.4. The fourth-order valence-corrected chi connectivity index (χ4v) is 0.811. The highest BCUT2D eigenvalue weighted by Gasteiger charge is 2.23. The Hall–Kier alpha value is -0.570. The van der Waals surface area contributed by atoms with E-state index in [1.54, 1.807) is 0 Å². The van der Waals surface area contributed by atoms with Crippen LogP contribution in [-0.2, 0) is 9.53 Å². The Balaban J connectivity index is 4.11. The lowest BCUT2D eigenvalue weighted by molar-refractivity contribution is -0.141. The molecule has 0 saturated heterocycles. The van der Waals surface area contributed by atoms with Gasteiger partial charge in [-0.15, -0.1) is 0 Å². The summed E-state index contributed by atoms with van der Waals surface area (Å²) in [5.41, 5.74) is 4.89. The lowest BCUT2D eigenvalue weighted by atomic mass is 10.1. The van der Waals surface area contributed by atoms with Crippen LogP contribution in [-0.4, -0.2) is 17.6 Å². The summed E-state index contributed by atoms with van der Waals surface area (Å²) in [6.45, 7) is 7.83. The average Bonchev–Trinajstić information content (AvgIpc) is 2.00. The molecule has 0 heterocycles. The molecule has 0 aliphatic carbocycles. The van der Waals surface area contributed by atoms with E-state index in [2.05, 4.69) is 0 Å². The first-order chi connectivity index (χ1) is 5.43. The van der Waals surface area contributed by atoms with Gasteiger partial charge in [-0.25, -0.2) is 0 Å². The van der Waals surface area contributed by atoms with Crippen molar-refractivity contribution in [3.8, 4) is 0 Å². The summed E-state index contributed by atoms with van der Waals surface area (Å²) in [5, 5.41) is 0. The van der Waals surface area contributed by atoms with Gasteiger partial charge in [0.2, 0.25) is 5.91 Å². The summed E-state index contributed by atoms with van der Waals surface area (Å²) in [6.07, 6.45) is 1.06. The molecule has 3 nitrogen and oxygen atoms in total. The van der Waals surface area contributed by atoms with Crippen LogP contribution in [0, 0.1) is 0 Å². The van der Waals surface area contributed by atoms with Crippen molar-refractivity contribution >= 4 is 5.91 Å². The van der Waals surface area contributed by atoms with E-state index < -0.39 is 6.10 Å². The SMILES string of the molecule is CCC(OC(C)(C)CC)C(N)=O. The lowest BCUT2D eigenvalue weighted by Gasteiger charge is -2.27. The Labute approximate surface area is 74.3 Å². The maximum absolute atomic E-state index is 10.8. The summed E-state index contributed by atoms with van der Waals surface area (Å²) in [5.74, 6) is -0.376. The van der Waals surface area contributed by atoms with E-state index in [1.807, 2.05) is 27.7 Å². The molecule has 0 aromatic carbocycles. The van der Waals surface area contributed by atoms with Crippen LogP contribution in [0.25, 0.3) is 0 Å². The lowest BCUT2D eigenvalue weighted by Crippen LogP contribution is -2.38. The first-order valence-corrected chi connectivity index (χ1v) is 4.40. The first-order valence-electron chi connectivity index (χ1n) is 4.40. The number of carbonyl (C=O) groups excluding carboxylic acids is 1. The molecule has 0 fully saturated rings. The Morgan fingerprint density at radius 2 is 2.00 bits per heavy atom. The second kappa shape index (κ2) is 4.45. The number of ether oxygens (including phenoxy) is 1. The van der Waals surface area contributed by atoms with Crippen LogP contribution in [0.15, 0.2) is 0 Å². The van der Waals surface area contributed by atoms with Crippen molar-refractivity contribution in [1.29, 1.82) is 0 Å². The highest BCUT2D eigenvalue weighted by Crippen LogP contribution is 2.17. The Morgan fingerprint density at radius 1 is 1.50 bits per heavy atom. The second-order valence-electron chi connectivity index (χ2n) is 3.53. The van der Waals surface area contributed by atoms with Crippen LogP contribution in [0.3, 0.4) is 0 Å². The second-order valence-corrected chi connectivity index (χ2v) is 3.53. The van der Waals surface area contributed by atoms with Crippen LogP contribution < -0.4 is 5.73 Å². The van der Waals surface area contributed by atoms with E-state index in [0.717, 1.165) is 6.42 Å². The van der Waals surface area contributed by atoms with E-state index in [1.165, 1.54) is 0 Å². The minimum absolute atomic E-state index is 0.254. The Bertz CT molecular complexity index is 155. The van der Waals surface area contributed by atoms with Crippen molar-refractivity contribution in [1.82, 2.24) is 0 Å². The van der Waals surface area contributed by atoms with Crippen LogP contribution in [0.4, 0.5) is 0 Å². The van der Waals surface area contributed by atoms with Crippen molar-refractivity contribution in [2.45, 2.75) is 52.2 Å². The van der Waals surface area contributed by atoms with E-state index >= 15 is 0 Å². The standard InChI is InChI=1S/C9H19NO2/c1-5-7(8(10)11)12-9(3,4)6-2/h7H,5-6H2,1-4H3,(H2,10,11). The molecule has 1 unspecified atom stereocenters. The number of primary amides is 1. The van der Waals surface area contributed by atoms with Gasteiger partial charge in [-0.1, -0.05) is 13.8 Å². The number of amides is 1. The third-order valence-electron chi connectivity index (χ3n) is 2.00. The van der Waals surface area contributed by atoms with Crippen LogP contribution >= 0.6 is 0 Å². The van der Waals surface area contributed by atoms with Crippen LogP contribution in [0.5, 0.6) is 0 Å². The fraction of sp³-hybridized carbons (Fsp3) is 0.889. The van der Waals surface area contributed by atoms with Gasteiger partial charge in [0.1, 0.15) is 6.10 Å². The molecule has 12 heavy (non-hydrogen) atoms. The van der Waals surface area contributed by atoms with Gasteiger partial charge in [0.25, 0.3) is 0 Å². The fourth-order valence-electron chi connectivity index (χ4n) is 0.811. The van der Waals surface area contributed by atoms with Gasteiger partial charge in [-0.3, -0.25) is 4.79 Å². The predicted molar refractivity (Wildman–Crippen MR) is 48.7 cm³/mol. The summed E-state index contributed by atoms with van der Waals surface area (Å²) in [7, 11) is 0. The van der Waals surface area contributed by atoms with Gasteiger partial charge in [0, 0.05) is 0 Å². The average molecular weight is 173 g/mol. The van der Waals surface area contributed by atoms with Crippen molar-refractivity contribution in [3.63, 3.8) is 0 Å². The molecule has 0 aliphatic rings. The zero-order valence-electron chi connectivity index (χ0n) is 8.39. The number of hydrogen-bond donors (Lipinski definition) is 1. The largest absolute Gasteiger partial charge is 0.367 e. The van der Waals surface area contributed by atoms with Gasteiger partial charge in [-0.05, 0) is 26.7 Å². The van der Waals surface area contributed by atoms with Crippen molar-refractivity contribution in [2.75, 3.05) is 0 Å². The number of carbonyl (C=O) groups is 1. The molecule has 1 atom stereocenters. The molecule has 72 valence electrons. The molecule has 0 spiro atoms.